The number of benzene rings is 3. The van der Waals surface area contributed by atoms with E-state index in [1.807, 2.05) is 99.6 Å². The number of H-pyrrole nitrogens is 1. The number of aromatic amines is 1. The number of pyridine rings is 1. The molecule has 9 nitrogen and oxygen atoms in total. The number of nitrogens with zero attached hydrogens (tertiary/aromatic N) is 4. The molecule has 0 radical (unpaired) electrons. The van der Waals surface area contributed by atoms with E-state index in [4.69, 9.17) is 24.2 Å². The van der Waals surface area contributed by atoms with Crippen molar-refractivity contribution in [3.63, 3.8) is 0 Å². The van der Waals surface area contributed by atoms with Crippen LogP contribution in [0.4, 0.5) is 4.79 Å². The van der Waals surface area contributed by atoms with Crippen LogP contribution in [0.2, 0.25) is 0 Å². The quantitative estimate of drug-likeness (QED) is 0.197. The van der Waals surface area contributed by atoms with E-state index in [-0.39, 0.29) is 6.09 Å². The number of nitrogens with one attached hydrogen (secondary N) is 1. The van der Waals surface area contributed by atoms with Crippen molar-refractivity contribution in [1.29, 1.82) is 0 Å². The predicted octanol–water partition coefficient (Wildman–Crippen LogP) is 6.84. The summed E-state index contributed by atoms with van der Waals surface area (Å²) in [5.74, 6) is 1.89. The van der Waals surface area contributed by atoms with Gasteiger partial charge in [0.2, 0.25) is 11.8 Å². The molecule has 0 atom stereocenters. The SMILES string of the molecule is CC(C)(C)OC(=O)N1CCN(Cc2nc3cc(-c4ccc(OCc5ccccc5)nc4OCc4ccccc4)ccc3[nH]2)CC1. The van der Waals surface area contributed by atoms with E-state index in [1.54, 1.807) is 4.90 Å². The molecule has 6 rings (SSSR count). The van der Waals surface area contributed by atoms with E-state index in [0.717, 1.165) is 52.2 Å². The minimum atomic E-state index is -0.496. The molecule has 9 heteroatoms. The second-order valence-corrected chi connectivity index (χ2v) is 12.2. The summed E-state index contributed by atoms with van der Waals surface area (Å²) >= 11 is 0. The summed E-state index contributed by atoms with van der Waals surface area (Å²) in [7, 11) is 0. The van der Waals surface area contributed by atoms with Crippen LogP contribution in [-0.4, -0.2) is 62.6 Å². The van der Waals surface area contributed by atoms with E-state index < -0.39 is 5.60 Å². The average molecular weight is 606 g/mol. The number of imidazole rings is 1. The Morgan fingerprint density at radius 2 is 1.47 bits per heavy atom. The topological polar surface area (TPSA) is 92.8 Å². The smallest absolute Gasteiger partial charge is 0.410 e. The Labute approximate surface area is 263 Å². The monoisotopic (exact) mass is 605 g/mol. The summed E-state index contributed by atoms with van der Waals surface area (Å²) in [5.41, 5.74) is 5.28. The molecule has 1 aliphatic rings. The Bertz CT molecular complexity index is 1730. The van der Waals surface area contributed by atoms with Gasteiger partial charge in [-0.3, -0.25) is 4.90 Å². The lowest BCUT2D eigenvalue weighted by Crippen LogP contribution is -2.49. The van der Waals surface area contributed by atoms with Crippen LogP contribution in [0.15, 0.2) is 91.0 Å². The molecule has 0 spiro atoms. The molecule has 1 aliphatic heterocycles. The molecule has 0 unspecified atom stereocenters. The molecule has 1 saturated heterocycles. The number of piperazine rings is 1. The lowest BCUT2D eigenvalue weighted by molar-refractivity contribution is 0.0137. The Morgan fingerprint density at radius 3 is 2.13 bits per heavy atom. The number of ether oxygens (including phenoxy) is 3. The maximum atomic E-state index is 12.4. The molecule has 5 aromatic rings. The van der Waals surface area contributed by atoms with Crippen LogP contribution in [-0.2, 0) is 24.5 Å². The lowest BCUT2D eigenvalue weighted by Gasteiger charge is -2.35. The first-order chi connectivity index (χ1) is 21.8. The molecular weight excluding hydrogens is 566 g/mol. The highest BCUT2D eigenvalue weighted by Gasteiger charge is 2.26. The fourth-order valence-corrected chi connectivity index (χ4v) is 5.22. The van der Waals surface area contributed by atoms with Crippen LogP contribution in [0, 0.1) is 0 Å². The van der Waals surface area contributed by atoms with Gasteiger partial charge in [0.15, 0.2) is 0 Å². The summed E-state index contributed by atoms with van der Waals surface area (Å²) in [6.07, 6.45) is -0.254. The number of carbonyl (C=O) groups excluding carboxylic acids is 1. The molecule has 3 heterocycles. The Kier molecular flexibility index (Phi) is 8.98. The van der Waals surface area contributed by atoms with Crippen molar-refractivity contribution in [2.45, 2.75) is 46.1 Å². The van der Waals surface area contributed by atoms with Gasteiger partial charge in [0.05, 0.1) is 17.6 Å². The van der Waals surface area contributed by atoms with Gasteiger partial charge in [-0.15, -0.1) is 0 Å². The largest absolute Gasteiger partial charge is 0.473 e. The predicted molar refractivity (Wildman–Crippen MR) is 174 cm³/mol. The van der Waals surface area contributed by atoms with Crippen molar-refractivity contribution in [2.24, 2.45) is 0 Å². The van der Waals surface area contributed by atoms with Crippen molar-refractivity contribution in [3.8, 4) is 22.9 Å². The maximum Gasteiger partial charge on any atom is 0.410 e. The molecule has 45 heavy (non-hydrogen) atoms. The molecule has 0 saturated carbocycles. The van der Waals surface area contributed by atoms with Gasteiger partial charge in [-0.1, -0.05) is 66.7 Å². The van der Waals surface area contributed by atoms with Gasteiger partial charge in [0, 0.05) is 37.8 Å². The minimum Gasteiger partial charge on any atom is -0.473 e. The van der Waals surface area contributed by atoms with E-state index in [0.29, 0.717) is 44.6 Å². The molecule has 0 aliphatic carbocycles. The molecule has 2 aromatic heterocycles. The van der Waals surface area contributed by atoms with E-state index in [9.17, 15) is 4.79 Å². The standard InChI is InChI=1S/C36H39N5O4/c1-36(2,3)45-35(42)41-20-18-40(19-21-41)23-32-37-30-16-14-28(22-31(30)38-32)29-15-17-33(43-24-26-10-6-4-7-11-26)39-34(29)44-25-27-12-8-5-9-13-27/h4-17,22H,18-21,23-25H2,1-3H3,(H,37,38). The number of aromatic nitrogens is 3. The Hall–Kier alpha value is -4.89. The van der Waals surface area contributed by atoms with Gasteiger partial charge < -0.3 is 24.1 Å². The second-order valence-electron chi connectivity index (χ2n) is 12.2. The summed E-state index contributed by atoms with van der Waals surface area (Å²) in [6, 6.07) is 30.1. The molecule has 1 N–H and O–H groups in total. The third kappa shape index (κ3) is 7.99. The summed E-state index contributed by atoms with van der Waals surface area (Å²) in [6.45, 7) is 9.92. The molecule has 1 fully saturated rings. The highest BCUT2D eigenvalue weighted by molar-refractivity contribution is 5.83. The average Bonchev–Trinajstić information content (AvgIpc) is 3.45. The Morgan fingerprint density at radius 1 is 0.800 bits per heavy atom. The van der Waals surface area contributed by atoms with E-state index >= 15 is 0 Å². The van der Waals surface area contributed by atoms with Crippen LogP contribution >= 0.6 is 0 Å². The van der Waals surface area contributed by atoms with Crippen molar-refractivity contribution in [2.75, 3.05) is 26.2 Å². The normalized spacial score (nSPS) is 14.0. The van der Waals surface area contributed by atoms with Crippen molar-refractivity contribution >= 4 is 17.1 Å². The number of carbonyl (C=O) groups is 1. The zero-order valence-electron chi connectivity index (χ0n) is 26.0. The van der Waals surface area contributed by atoms with Crippen LogP contribution in [0.5, 0.6) is 11.8 Å². The molecule has 232 valence electrons. The van der Waals surface area contributed by atoms with Crippen LogP contribution in [0.3, 0.4) is 0 Å². The van der Waals surface area contributed by atoms with E-state index in [2.05, 4.69) is 22.0 Å². The first-order valence-corrected chi connectivity index (χ1v) is 15.3. The number of fused-ring (bicyclic) bond motifs is 1. The van der Waals surface area contributed by atoms with Crippen LogP contribution in [0.1, 0.15) is 37.7 Å². The summed E-state index contributed by atoms with van der Waals surface area (Å²) in [4.78, 5) is 29.7. The first kappa shape index (κ1) is 30.1. The summed E-state index contributed by atoms with van der Waals surface area (Å²) in [5, 5.41) is 0. The molecule has 0 bridgehead atoms. The molecule has 3 aromatic carbocycles. The number of hydrogen-bond acceptors (Lipinski definition) is 7. The first-order valence-electron chi connectivity index (χ1n) is 15.3. The zero-order valence-corrected chi connectivity index (χ0v) is 26.0. The van der Waals surface area contributed by atoms with Crippen LogP contribution in [0.25, 0.3) is 22.2 Å². The zero-order chi connectivity index (χ0) is 31.2. The molecular formula is C36H39N5O4. The third-order valence-corrected chi connectivity index (χ3v) is 7.52. The number of hydrogen-bond donors (Lipinski definition) is 1. The van der Waals surface area contributed by atoms with Gasteiger partial charge in [-0.2, -0.15) is 4.98 Å². The van der Waals surface area contributed by atoms with Gasteiger partial charge in [-0.25, -0.2) is 9.78 Å². The highest BCUT2D eigenvalue weighted by Crippen LogP contribution is 2.33. The Balaban J connectivity index is 1.17. The van der Waals surface area contributed by atoms with Crippen molar-refractivity contribution in [1.82, 2.24) is 24.8 Å². The fraction of sp³-hybridized carbons (Fsp3) is 0.306. The van der Waals surface area contributed by atoms with Crippen molar-refractivity contribution in [3.05, 3.63) is 108 Å². The maximum absolute atomic E-state index is 12.4. The molecule has 1 amide bonds. The van der Waals surface area contributed by atoms with Crippen molar-refractivity contribution < 1.29 is 19.0 Å². The van der Waals surface area contributed by atoms with Gasteiger partial charge in [0.25, 0.3) is 0 Å². The van der Waals surface area contributed by atoms with E-state index in [1.165, 1.54) is 0 Å². The highest BCUT2D eigenvalue weighted by atomic mass is 16.6. The fourth-order valence-electron chi connectivity index (χ4n) is 5.22. The van der Waals surface area contributed by atoms with Gasteiger partial charge in [-0.05, 0) is 55.7 Å². The lowest BCUT2D eigenvalue weighted by atomic mass is 10.1. The third-order valence-electron chi connectivity index (χ3n) is 7.52. The minimum absolute atomic E-state index is 0.254. The second kappa shape index (κ2) is 13.4. The van der Waals surface area contributed by atoms with Gasteiger partial charge >= 0.3 is 6.09 Å². The van der Waals surface area contributed by atoms with Crippen LogP contribution < -0.4 is 9.47 Å². The summed E-state index contributed by atoms with van der Waals surface area (Å²) < 4.78 is 17.8. The number of amides is 1. The van der Waals surface area contributed by atoms with Gasteiger partial charge in [0.1, 0.15) is 24.6 Å². The number of rotatable bonds is 9.